The summed E-state index contributed by atoms with van der Waals surface area (Å²) in [7, 11) is 4.52. The van der Waals surface area contributed by atoms with Gasteiger partial charge < -0.3 is 14.8 Å². The lowest BCUT2D eigenvalue weighted by molar-refractivity contribution is 0.0954. The molecule has 0 saturated heterocycles. The highest BCUT2D eigenvalue weighted by atomic mass is 16.5. The van der Waals surface area contributed by atoms with E-state index in [1.165, 1.54) is 14.2 Å². The van der Waals surface area contributed by atoms with Crippen molar-refractivity contribution in [2.75, 3.05) is 21.3 Å². The number of nitrogens with zero attached hydrogens (tertiary/aromatic N) is 4. The Kier molecular flexibility index (Phi) is 4.50. The van der Waals surface area contributed by atoms with Crippen LogP contribution in [-0.2, 0) is 0 Å². The fourth-order valence-electron chi connectivity index (χ4n) is 1.59. The van der Waals surface area contributed by atoms with E-state index >= 15 is 0 Å². The van der Waals surface area contributed by atoms with E-state index < -0.39 is 5.91 Å². The third kappa shape index (κ3) is 3.16. The average molecular weight is 289 g/mol. The molecule has 8 nitrogen and oxygen atoms in total. The van der Waals surface area contributed by atoms with Crippen molar-refractivity contribution in [3.05, 3.63) is 35.5 Å². The van der Waals surface area contributed by atoms with Crippen LogP contribution in [0, 0.1) is 0 Å². The topological polar surface area (TPSA) is 90.6 Å². The molecule has 0 aliphatic heterocycles. The Morgan fingerprint density at radius 2 is 2.00 bits per heavy atom. The van der Waals surface area contributed by atoms with Crippen LogP contribution in [0.1, 0.15) is 16.1 Å². The summed E-state index contributed by atoms with van der Waals surface area (Å²) in [6.07, 6.45) is 1.57. The van der Waals surface area contributed by atoms with Crippen LogP contribution < -0.4 is 14.8 Å². The first kappa shape index (κ1) is 14.5. The molecule has 1 amide bonds. The van der Waals surface area contributed by atoms with Gasteiger partial charge in [0, 0.05) is 7.05 Å². The Balaban J connectivity index is 2.24. The van der Waals surface area contributed by atoms with Gasteiger partial charge in [-0.3, -0.25) is 4.79 Å². The molecule has 1 aromatic heterocycles. The second-order valence-corrected chi connectivity index (χ2v) is 3.93. The Morgan fingerprint density at radius 3 is 2.57 bits per heavy atom. The van der Waals surface area contributed by atoms with Crippen LogP contribution in [0.3, 0.4) is 0 Å². The molecule has 2 rings (SSSR count). The Labute approximate surface area is 121 Å². The summed E-state index contributed by atoms with van der Waals surface area (Å²) in [6.45, 7) is 0. The van der Waals surface area contributed by atoms with E-state index in [1.807, 2.05) is 24.3 Å². The molecule has 0 bridgehead atoms. The number of aromatic nitrogens is 3. The lowest BCUT2D eigenvalue weighted by Crippen LogP contribution is -2.19. The minimum atomic E-state index is -0.391. The van der Waals surface area contributed by atoms with Gasteiger partial charge in [-0.1, -0.05) is 4.79 Å². The number of ether oxygens (including phenoxy) is 2. The molecular formula is C13H15N5O3. The van der Waals surface area contributed by atoms with E-state index in [0.29, 0.717) is 0 Å². The van der Waals surface area contributed by atoms with Gasteiger partial charge in [0.25, 0.3) is 11.8 Å². The van der Waals surface area contributed by atoms with Gasteiger partial charge in [-0.05, 0) is 35.0 Å². The van der Waals surface area contributed by atoms with Crippen molar-refractivity contribution in [2.45, 2.75) is 0 Å². The van der Waals surface area contributed by atoms with Gasteiger partial charge in [0.2, 0.25) is 5.69 Å². The Morgan fingerprint density at radius 1 is 1.29 bits per heavy atom. The van der Waals surface area contributed by atoms with E-state index in [2.05, 4.69) is 20.7 Å². The molecule has 0 radical (unpaired) electrons. The summed E-state index contributed by atoms with van der Waals surface area (Å²) in [4.78, 5) is 12.7. The van der Waals surface area contributed by atoms with Crippen molar-refractivity contribution in [3.8, 4) is 11.6 Å². The van der Waals surface area contributed by atoms with Gasteiger partial charge in [0.1, 0.15) is 5.75 Å². The van der Waals surface area contributed by atoms with Crippen LogP contribution in [0.4, 0.5) is 0 Å². The fraction of sp³-hybridized carbons (Fsp3) is 0.231. The van der Waals surface area contributed by atoms with Crippen molar-refractivity contribution in [2.24, 2.45) is 5.10 Å². The molecule has 0 aliphatic carbocycles. The van der Waals surface area contributed by atoms with Crippen molar-refractivity contribution in [3.63, 3.8) is 0 Å². The summed E-state index contributed by atoms with van der Waals surface area (Å²) in [5.41, 5.74) is 0.918. The first-order chi connectivity index (χ1) is 10.2. The number of carbonyl (C=O) groups excluding carboxylic acids is 1. The highest BCUT2D eigenvalue weighted by Gasteiger charge is 2.19. The maximum absolute atomic E-state index is 11.6. The van der Waals surface area contributed by atoms with Gasteiger partial charge in [-0.2, -0.15) is 5.10 Å². The van der Waals surface area contributed by atoms with Gasteiger partial charge in [0.15, 0.2) is 0 Å². The molecule has 21 heavy (non-hydrogen) atoms. The zero-order valence-electron chi connectivity index (χ0n) is 11.9. The van der Waals surface area contributed by atoms with Gasteiger partial charge >= 0.3 is 0 Å². The molecule has 0 saturated carbocycles. The monoisotopic (exact) mass is 289 g/mol. The first-order valence-corrected chi connectivity index (χ1v) is 6.09. The molecule has 110 valence electrons. The average Bonchev–Trinajstić information content (AvgIpc) is 2.95. The molecule has 0 atom stereocenters. The molecule has 2 aromatic rings. The number of hydrogen-bond acceptors (Lipinski definition) is 6. The first-order valence-electron chi connectivity index (χ1n) is 6.09. The summed E-state index contributed by atoms with van der Waals surface area (Å²) < 4.78 is 10.2. The number of amides is 1. The molecule has 1 heterocycles. The minimum absolute atomic E-state index is 0.0758. The number of nitrogens with one attached hydrogen (secondary N) is 1. The molecule has 8 heteroatoms. The number of hydrogen-bond donors (Lipinski definition) is 1. The molecule has 0 fully saturated rings. The molecule has 0 aliphatic rings. The smallest absolute Gasteiger partial charge is 0.277 e. The maximum atomic E-state index is 11.6. The van der Waals surface area contributed by atoms with Crippen molar-refractivity contribution in [1.82, 2.24) is 20.4 Å². The predicted molar refractivity (Wildman–Crippen MR) is 76.0 cm³/mol. The summed E-state index contributed by atoms with van der Waals surface area (Å²) >= 11 is 0. The van der Waals surface area contributed by atoms with E-state index in [1.54, 1.807) is 13.3 Å². The van der Waals surface area contributed by atoms with E-state index in [9.17, 15) is 4.79 Å². The SMILES string of the molecule is CNC(=O)c1nnn(/N=C/c2ccc(OC)cc2)c1OC. The second-order valence-electron chi connectivity index (χ2n) is 3.93. The summed E-state index contributed by atoms with van der Waals surface area (Å²) in [5.74, 6) is 0.532. The maximum Gasteiger partial charge on any atom is 0.277 e. The fourth-order valence-corrected chi connectivity index (χ4v) is 1.59. The summed E-state index contributed by atoms with van der Waals surface area (Å²) in [5, 5.41) is 14.1. The Hall–Kier alpha value is -2.90. The van der Waals surface area contributed by atoms with E-state index in [-0.39, 0.29) is 11.6 Å². The van der Waals surface area contributed by atoms with Crippen molar-refractivity contribution in [1.29, 1.82) is 0 Å². The summed E-state index contributed by atoms with van der Waals surface area (Å²) in [6, 6.07) is 7.31. The molecule has 1 aromatic carbocycles. The number of carbonyl (C=O) groups is 1. The third-order valence-electron chi connectivity index (χ3n) is 2.68. The number of benzene rings is 1. The van der Waals surface area contributed by atoms with Crippen LogP contribution in [0.15, 0.2) is 29.4 Å². The van der Waals surface area contributed by atoms with Crippen molar-refractivity contribution >= 4 is 12.1 Å². The van der Waals surface area contributed by atoms with Crippen LogP contribution in [0.2, 0.25) is 0 Å². The number of methoxy groups -OCH3 is 2. The molecule has 0 unspecified atom stereocenters. The lowest BCUT2D eigenvalue weighted by atomic mass is 10.2. The molecular weight excluding hydrogens is 274 g/mol. The lowest BCUT2D eigenvalue weighted by Gasteiger charge is -2.01. The van der Waals surface area contributed by atoms with Crippen LogP contribution in [0.5, 0.6) is 11.6 Å². The van der Waals surface area contributed by atoms with Crippen LogP contribution in [0.25, 0.3) is 0 Å². The number of rotatable bonds is 5. The van der Waals surface area contributed by atoms with Crippen LogP contribution in [-0.4, -0.2) is 48.5 Å². The minimum Gasteiger partial charge on any atom is -0.497 e. The van der Waals surface area contributed by atoms with E-state index in [4.69, 9.17) is 9.47 Å². The predicted octanol–water partition coefficient (Wildman–Crippen LogP) is 0.537. The Bertz CT molecular complexity index is 648. The standard InChI is InChI=1S/C13H15N5O3/c1-14-12(19)11-13(21-3)18(17-16-11)15-8-9-4-6-10(20-2)7-5-9/h4-8H,1-3H3,(H,14,19)/b15-8+. The normalized spacial score (nSPS) is 10.6. The quantitative estimate of drug-likeness (QED) is 0.811. The molecule has 1 N–H and O–H groups in total. The second kappa shape index (κ2) is 6.51. The molecule has 0 spiro atoms. The zero-order chi connectivity index (χ0) is 15.2. The van der Waals surface area contributed by atoms with Gasteiger partial charge in [-0.25, -0.2) is 0 Å². The highest BCUT2D eigenvalue weighted by molar-refractivity contribution is 5.94. The zero-order valence-corrected chi connectivity index (χ0v) is 11.9. The van der Waals surface area contributed by atoms with Gasteiger partial charge in [-0.15, -0.1) is 5.10 Å². The van der Waals surface area contributed by atoms with E-state index in [0.717, 1.165) is 16.1 Å². The highest BCUT2D eigenvalue weighted by Crippen LogP contribution is 2.15. The van der Waals surface area contributed by atoms with Crippen LogP contribution >= 0.6 is 0 Å². The largest absolute Gasteiger partial charge is 0.497 e. The van der Waals surface area contributed by atoms with Gasteiger partial charge in [0.05, 0.1) is 20.4 Å². The van der Waals surface area contributed by atoms with Crippen molar-refractivity contribution < 1.29 is 14.3 Å². The third-order valence-corrected chi connectivity index (χ3v) is 2.68.